The van der Waals surface area contributed by atoms with E-state index in [1.54, 1.807) is 29.2 Å². The van der Waals surface area contributed by atoms with Crippen molar-refractivity contribution in [1.29, 1.82) is 0 Å². The highest BCUT2D eigenvalue weighted by Crippen LogP contribution is 2.10. The lowest BCUT2D eigenvalue weighted by molar-refractivity contribution is 0.0984. The molecule has 0 aliphatic rings. The third-order valence-electron chi connectivity index (χ3n) is 1.70. The van der Waals surface area contributed by atoms with Crippen LogP contribution in [0.3, 0.4) is 0 Å². The fourth-order valence-corrected chi connectivity index (χ4v) is 1.57. The van der Waals surface area contributed by atoms with Gasteiger partial charge in [0.15, 0.2) is 4.32 Å². The molecule has 0 saturated carbocycles. The molecule has 0 saturated heterocycles. The molecule has 0 heterocycles. The number of carbonyl (C=O) groups excluding carboxylic acids is 1. The van der Waals surface area contributed by atoms with Crippen LogP contribution in [0.4, 0.5) is 0 Å². The van der Waals surface area contributed by atoms with E-state index in [2.05, 4.69) is 4.72 Å². The van der Waals surface area contributed by atoms with E-state index in [4.69, 9.17) is 23.8 Å². The molecule has 1 rings (SSSR count). The number of carbonyl (C=O) groups is 1. The lowest BCUT2D eigenvalue weighted by Gasteiger charge is -2.12. The Bertz CT molecular complexity index is 392. The summed E-state index contributed by atoms with van der Waals surface area (Å²) in [6.45, 7) is 0. The fourth-order valence-electron chi connectivity index (χ4n) is 0.841. The Morgan fingerprint density at radius 2 is 1.94 bits per heavy atom. The number of hydrogen-bond donors (Lipinski definition) is 1. The van der Waals surface area contributed by atoms with Gasteiger partial charge in [0.1, 0.15) is 0 Å². The van der Waals surface area contributed by atoms with E-state index in [0.29, 0.717) is 14.9 Å². The van der Waals surface area contributed by atoms with Crippen LogP contribution in [0.15, 0.2) is 24.3 Å². The maximum Gasteiger partial charge on any atom is 0.261 e. The van der Waals surface area contributed by atoms with E-state index in [-0.39, 0.29) is 5.91 Å². The Morgan fingerprint density at radius 3 is 2.44 bits per heavy atom. The van der Waals surface area contributed by atoms with Crippen molar-refractivity contribution in [2.45, 2.75) is 0 Å². The molecular weight excluding hydrogens is 264 g/mol. The van der Waals surface area contributed by atoms with Crippen molar-refractivity contribution in [2.75, 3.05) is 14.1 Å². The van der Waals surface area contributed by atoms with Crippen molar-refractivity contribution in [3.05, 3.63) is 34.9 Å². The van der Waals surface area contributed by atoms with Gasteiger partial charge >= 0.3 is 0 Å². The average molecular weight is 275 g/mol. The molecule has 1 aromatic carbocycles. The number of nitrogens with one attached hydrogen (secondary N) is 1. The van der Waals surface area contributed by atoms with E-state index < -0.39 is 0 Å². The van der Waals surface area contributed by atoms with Gasteiger partial charge < -0.3 is 4.90 Å². The minimum absolute atomic E-state index is 0.189. The Morgan fingerprint density at radius 1 is 1.38 bits per heavy atom. The molecule has 3 nitrogen and oxygen atoms in total. The predicted octanol–water partition coefficient (Wildman–Crippen LogP) is 2.56. The van der Waals surface area contributed by atoms with Gasteiger partial charge in [-0.3, -0.25) is 9.52 Å². The molecule has 0 spiro atoms. The molecule has 0 unspecified atom stereocenters. The quantitative estimate of drug-likeness (QED) is 0.630. The first kappa shape index (κ1) is 13.3. The number of halogens is 1. The summed E-state index contributed by atoms with van der Waals surface area (Å²) >= 11 is 11.9. The van der Waals surface area contributed by atoms with Crippen molar-refractivity contribution in [3.63, 3.8) is 0 Å². The molecule has 0 fully saturated rings. The van der Waals surface area contributed by atoms with E-state index in [9.17, 15) is 4.79 Å². The predicted molar refractivity (Wildman–Crippen MR) is 72.8 cm³/mol. The Kier molecular flexibility index (Phi) is 5.05. The molecule has 6 heteroatoms. The normalized spacial score (nSPS) is 9.69. The summed E-state index contributed by atoms with van der Waals surface area (Å²) in [5.41, 5.74) is 0.554. The van der Waals surface area contributed by atoms with Crippen molar-refractivity contribution >= 4 is 46.0 Å². The lowest BCUT2D eigenvalue weighted by Crippen LogP contribution is -2.24. The van der Waals surface area contributed by atoms with E-state index in [0.717, 1.165) is 11.9 Å². The van der Waals surface area contributed by atoms with Gasteiger partial charge in [-0.25, -0.2) is 0 Å². The van der Waals surface area contributed by atoms with E-state index in [1.807, 2.05) is 14.1 Å². The maximum atomic E-state index is 11.6. The minimum Gasteiger partial charge on any atom is -0.362 e. The third-order valence-corrected chi connectivity index (χ3v) is 3.40. The Labute approximate surface area is 109 Å². The molecule has 0 aliphatic carbocycles. The van der Waals surface area contributed by atoms with Crippen molar-refractivity contribution in [1.82, 2.24) is 9.62 Å². The molecule has 0 radical (unpaired) electrons. The maximum absolute atomic E-state index is 11.6. The van der Waals surface area contributed by atoms with Crippen LogP contribution in [0.2, 0.25) is 5.02 Å². The zero-order valence-electron chi connectivity index (χ0n) is 8.86. The van der Waals surface area contributed by atoms with Crippen LogP contribution in [0, 0.1) is 0 Å². The topological polar surface area (TPSA) is 32.3 Å². The van der Waals surface area contributed by atoms with Gasteiger partial charge in [-0.15, -0.1) is 0 Å². The zero-order chi connectivity index (χ0) is 12.1. The van der Waals surface area contributed by atoms with Gasteiger partial charge in [-0.1, -0.05) is 23.8 Å². The zero-order valence-corrected chi connectivity index (χ0v) is 11.2. The van der Waals surface area contributed by atoms with Crippen molar-refractivity contribution in [2.24, 2.45) is 0 Å². The summed E-state index contributed by atoms with van der Waals surface area (Å²) in [4.78, 5) is 13.4. The first-order valence-electron chi connectivity index (χ1n) is 4.44. The van der Waals surface area contributed by atoms with Crippen LogP contribution in [0.25, 0.3) is 0 Å². The third kappa shape index (κ3) is 4.00. The Balaban J connectivity index is 2.53. The molecule has 16 heavy (non-hydrogen) atoms. The highest BCUT2D eigenvalue weighted by atomic mass is 35.5. The molecule has 0 aliphatic heterocycles. The highest BCUT2D eigenvalue weighted by molar-refractivity contribution is 8.21. The van der Waals surface area contributed by atoms with Gasteiger partial charge in [-0.05, 0) is 24.3 Å². The summed E-state index contributed by atoms with van der Waals surface area (Å²) in [6.07, 6.45) is 0. The smallest absolute Gasteiger partial charge is 0.261 e. The lowest BCUT2D eigenvalue weighted by atomic mass is 10.2. The van der Waals surface area contributed by atoms with Gasteiger partial charge in [-0.2, -0.15) is 0 Å². The van der Waals surface area contributed by atoms with Crippen LogP contribution < -0.4 is 4.72 Å². The van der Waals surface area contributed by atoms with E-state index >= 15 is 0 Å². The summed E-state index contributed by atoms with van der Waals surface area (Å²) < 4.78 is 3.25. The molecule has 1 amide bonds. The van der Waals surface area contributed by atoms with Gasteiger partial charge in [0.25, 0.3) is 5.91 Å². The van der Waals surface area contributed by atoms with Crippen LogP contribution in [-0.2, 0) is 0 Å². The molecule has 1 N–H and O–H groups in total. The second-order valence-corrected chi connectivity index (χ2v) is 5.08. The van der Waals surface area contributed by atoms with Crippen LogP contribution in [0.5, 0.6) is 0 Å². The van der Waals surface area contributed by atoms with Gasteiger partial charge in [0.05, 0.1) is 0 Å². The number of thiocarbonyl (C=S) groups is 1. The van der Waals surface area contributed by atoms with Gasteiger partial charge in [0, 0.05) is 36.6 Å². The number of benzene rings is 1. The molecule has 0 atom stereocenters. The summed E-state index contributed by atoms with van der Waals surface area (Å²) in [5, 5.41) is 0.605. The van der Waals surface area contributed by atoms with Crippen LogP contribution in [0.1, 0.15) is 10.4 Å². The molecule has 1 aromatic rings. The van der Waals surface area contributed by atoms with Crippen molar-refractivity contribution in [3.8, 4) is 0 Å². The second kappa shape index (κ2) is 6.08. The first-order chi connectivity index (χ1) is 7.50. The number of nitrogens with zero attached hydrogens (tertiary/aromatic N) is 1. The highest BCUT2D eigenvalue weighted by Gasteiger charge is 2.07. The number of rotatable bonds is 1. The summed E-state index contributed by atoms with van der Waals surface area (Å²) in [6, 6.07) is 6.67. The average Bonchev–Trinajstić information content (AvgIpc) is 2.26. The first-order valence-corrected chi connectivity index (χ1v) is 6.05. The molecule has 0 bridgehead atoms. The SMILES string of the molecule is CN(C)C(=S)SNC(=O)c1ccc(Cl)cc1. The monoisotopic (exact) mass is 274 g/mol. The molecular formula is C10H11ClN2OS2. The van der Waals surface area contributed by atoms with E-state index in [1.165, 1.54) is 0 Å². The number of amides is 1. The number of hydrogen-bond acceptors (Lipinski definition) is 3. The summed E-state index contributed by atoms with van der Waals surface area (Å²) in [5.74, 6) is -0.189. The second-order valence-electron chi connectivity index (χ2n) is 3.20. The Hall–Kier alpha value is -0.780. The standard InChI is InChI=1S/C10H11ClN2OS2/c1-13(2)10(15)16-12-9(14)7-3-5-8(11)6-4-7/h3-6H,1-2H3,(H,12,14). The fraction of sp³-hybridized carbons (Fsp3) is 0.200. The molecule has 0 aromatic heterocycles. The minimum atomic E-state index is -0.189. The van der Waals surface area contributed by atoms with Crippen molar-refractivity contribution < 1.29 is 4.79 Å². The summed E-state index contributed by atoms with van der Waals surface area (Å²) in [7, 11) is 3.65. The largest absolute Gasteiger partial charge is 0.362 e. The van der Waals surface area contributed by atoms with Gasteiger partial charge in [0.2, 0.25) is 0 Å². The van der Waals surface area contributed by atoms with Crippen LogP contribution in [-0.4, -0.2) is 29.2 Å². The molecule has 86 valence electrons. The van der Waals surface area contributed by atoms with Crippen LogP contribution >= 0.6 is 35.8 Å².